The second kappa shape index (κ2) is 5.33. The van der Waals surface area contributed by atoms with Crippen molar-refractivity contribution in [3.63, 3.8) is 0 Å². The van der Waals surface area contributed by atoms with E-state index < -0.39 is 17.4 Å². The van der Waals surface area contributed by atoms with Crippen molar-refractivity contribution in [1.82, 2.24) is 0 Å². The zero-order valence-electron chi connectivity index (χ0n) is 11.2. The Morgan fingerprint density at radius 1 is 1.28 bits per heavy atom. The molecule has 0 saturated carbocycles. The number of methoxy groups -OCH3 is 2. The van der Waals surface area contributed by atoms with Gasteiger partial charge in [-0.3, -0.25) is 14.4 Å². The summed E-state index contributed by atoms with van der Waals surface area (Å²) >= 11 is 0. The Balaban J connectivity index is 3.06. The van der Waals surface area contributed by atoms with Crippen LogP contribution in [0, 0.1) is 5.41 Å². The lowest BCUT2D eigenvalue weighted by molar-refractivity contribution is -0.157. The summed E-state index contributed by atoms with van der Waals surface area (Å²) < 4.78 is 9.24. The molecule has 5 nitrogen and oxygen atoms in total. The average molecular weight is 254 g/mol. The lowest BCUT2D eigenvalue weighted by Gasteiger charge is -2.31. The number of hydrogen-bond acceptors (Lipinski definition) is 5. The van der Waals surface area contributed by atoms with Crippen molar-refractivity contribution in [3.05, 3.63) is 11.1 Å². The number of carbonyl (C=O) groups is 3. The van der Waals surface area contributed by atoms with Gasteiger partial charge >= 0.3 is 11.9 Å². The first-order chi connectivity index (χ1) is 8.36. The molecule has 0 spiro atoms. The Morgan fingerprint density at radius 2 is 1.89 bits per heavy atom. The van der Waals surface area contributed by atoms with Gasteiger partial charge in [0.1, 0.15) is 5.41 Å². The molecule has 5 heteroatoms. The summed E-state index contributed by atoms with van der Waals surface area (Å²) in [5.74, 6) is -1.36. The molecule has 0 heterocycles. The summed E-state index contributed by atoms with van der Waals surface area (Å²) in [6, 6.07) is 0. The normalized spacial score (nSPS) is 23.9. The van der Waals surface area contributed by atoms with Crippen molar-refractivity contribution < 1.29 is 23.9 Å². The second-order valence-electron chi connectivity index (χ2n) is 4.66. The van der Waals surface area contributed by atoms with Crippen LogP contribution in [0.3, 0.4) is 0 Å². The molecule has 0 saturated heterocycles. The van der Waals surface area contributed by atoms with Crippen molar-refractivity contribution in [1.29, 1.82) is 0 Å². The molecule has 0 bridgehead atoms. The van der Waals surface area contributed by atoms with Gasteiger partial charge in [-0.2, -0.15) is 0 Å². The molecule has 1 aliphatic rings. The van der Waals surface area contributed by atoms with E-state index >= 15 is 0 Å². The lowest BCUT2D eigenvalue weighted by atomic mass is 9.71. The minimum atomic E-state index is -1.18. The molecule has 0 fully saturated rings. The van der Waals surface area contributed by atoms with E-state index in [9.17, 15) is 14.4 Å². The highest BCUT2D eigenvalue weighted by Gasteiger charge is 2.46. The molecular formula is C13H18O5. The molecule has 0 unspecified atom stereocenters. The topological polar surface area (TPSA) is 69.7 Å². The van der Waals surface area contributed by atoms with Gasteiger partial charge in [0.25, 0.3) is 0 Å². The van der Waals surface area contributed by atoms with E-state index in [0.717, 1.165) is 5.57 Å². The molecule has 0 radical (unpaired) electrons. The highest BCUT2D eigenvalue weighted by molar-refractivity contribution is 6.14. The molecule has 0 amide bonds. The predicted molar refractivity (Wildman–Crippen MR) is 63.7 cm³/mol. The summed E-state index contributed by atoms with van der Waals surface area (Å²) in [6.07, 6.45) is 0.923. The molecule has 100 valence electrons. The van der Waals surface area contributed by atoms with Crippen LogP contribution in [-0.2, 0) is 23.9 Å². The Morgan fingerprint density at radius 3 is 2.39 bits per heavy atom. The number of ketones is 1. The van der Waals surface area contributed by atoms with Crippen molar-refractivity contribution in [2.24, 2.45) is 5.41 Å². The third kappa shape index (κ3) is 2.44. The van der Waals surface area contributed by atoms with Gasteiger partial charge in [0.15, 0.2) is 5.78 Å². The van der Waals surface area contributed by atoms with E-state index in [1.54, 1.807) is 13.8 Å². The van der Waals surface area contributed by atoms with Crippen LogP contribution < -0.4 is 0 Å². The smallest absolute Gasteiger partial charge is 0.319 e. The van der Waals surface area contributed by atoms with Gasteiger partial charge in [-0.15, -0.1) is 0 Å². The second-order valence-corrected chi connectivity index (χ2v) is 4.66. The molecule has 0 aromatic heterocycles. The average Bonchev–Trinajstić information content (AvgIpc) is 2.37. The van der Waals surface area contributed by atoms with Crippen molar-refractivity contribution in [3.8, 4) is 0 Å². The van der Waals surface area contributed by atoms with Crippen LogP contribution in [0.2, 0.25) is 0 Å². The minimum Gasteiger partial charge on any atom is -0.469 e. The highest BCUT2D eigenvalue weighted by Crippen LogP contribution is 2.38. The van der Waals surface area contributed by atoms with Crippen molar-refractivity contribution in [2.75, 3.05) is 14.2 Å². The molecule has 0 aliphatic heterocycles. The number of rotatable bonds is 3. The first-order valence-corrected chi connectivity index (χ1v) is 5.75. The Kier molecular flexibility index (Phi) is 4.27. The quantitative estimate of drug-likeness (QED) is 0.562. The van der Waals surface area contributed by atoms with Crippen molar-refractivity contribution >= 4 is 17.7 Å². The monoisotopic (exact) mass is 254 g/mol. The van der Waals surface area contributed by atoms with Crippen LogP contribution in [0.5, 0.6) is 0 Å². The number of ether oxygens (including phenoxy) is 2. The lowest BCUT2D eigenvalue weighted by Crippen LogP contribution is -2.41. The van der Waals surface area contributed by atoms with Crippen LogP contribution >= 0.6 is 0 Å². The molecular weight excluding hydrogens is 236 g/mol. The van der Waals surface area contributed by atoms with E-state index in [1.165, 1.54) is 14.2 Å². The largest absolute Gasteiger partial charge is 0.469 e. The highest BCUT2D eigenvalue weighted by atomic mass is 16.5. The van der Waals surface area contributed by atoms with Crippen LogP contribution in [0.15, 0.2) is 11.1 Å². The number of hydrogen-bond donors (Lipinski definition) is 0. The fraction of sp³-hybridized carbons (Fsp3) is 0.615. The van der Waals surface area contributed by atoms with Crippen LogP contribution in [0.1, 0.15) is 33.1 Å². The SMILES string of the molecule is COC(=O)CC1=C(C)CC[C@](C)(C(=O)OC)C1=O. The van der Waals surface area contributed by atoms with Gasteiger partial charge < -0.3 is 9.47 Å². The van der Waals surface area contributed by atoms with E-state index in [0.29, 0.717) is 18.4 Å². The Hall–Kier alpha value is -1.65. The van der Waals surface area contributed by atoms with Gasteiger partial charge in [-0.05, 0) is 26.7 Å². The molecule has 0 aromatic carbocycles. The van der Waals surface area contributed by atoms with Crippen molar-refractivity contribution in [2.45, 2.75) is 33.1 Å². The number of carbonyl (C=O) groups excluding carboxylic acids is 3. The van der Waals surface area contributed by atoms with Gasteiger partial charge in [0.2, 0.25) is 0 Å². The number of esters is 2. The predicted octanol–water partition coefficient (Wildman–Crippen LogP) is 1.41. The Bertz CT molecular complexity index is 421. The van der Waals surface area contributed by atoms with Crippen LogP contribution in [0.25, 0.3) is 0 Å². The van der Waals surface area contributed by atoms with Gasteiger partial charge in [-0.25, -0.2) is 0 Å². The summed E-state index contributed by atoms with van der Waals surface area (Å²) in [5, 5.41) is 0. The maximum atomic E-state index is 12.3. The maximum absolute atomic E-state index is 12.3. The summed E-state index contributed by atoms with van der Waals surface area (Å²) in [4.78, 5) is 35.4. The first-order valence-electron chi connectivity index (χ1n) is 5.75. The van der Waals surface area contributed by atoms with Crippen LogP contribution in [0.4, 0.5) is 0 Å². The summed E-state index contributed by atoms with van der Waals surface area (Å²) in [7, 11) is 2.52. The van der Waals surface area contributed by atoms with Gasteiger partial charge in [0, 0.05) is 5.57 Å². The molecule has 1 aliphatic carbocycles. The molecule has 18 heavy (non-hydrogen) atoms. The standard InChI is InChI=1S/C13H18O5/c1-8-5-6-13(2,12(16)18-4)11(15)9(8)7-10(14)17-3/h5-7H2,1-4H3/t13-/m0/s1. The number of allylic oxidation sites excluding steroid dienone is 1. The third-order valence-corrected chi connectivity index (χ3v) is 3.48. The molecule has 1 atom stereocenters. The zero-order chi connectivity index (χ0) is 13.9. The van der Waals surface area contributed by atoms with E-state index in [2.05, 4.69) is 9.47 Å². The fourth-order valence-corrected chi connectivity index (χ4v) is 2.10. The molecule has 0 N–H and O–H groups in total. The first kappa shape index (κ1) is 14.4. The summed E-state index contributed by atoms with van der Waals surface area (Å²) in [6.45, 7) is 3.36. The van der Waals surface area contributed by atoms with E-state index in [-0.39, 0.29) is 12.2 Å². The molecule has 1 rings (SSSR count). The fourth-order valence-electron chi connectivity index (χ4n) is 2.10. The Labute approximate surface area is 106 Å². The van der Waals surface area contributed by atoms with E-state index in [4.69, 9.17) is 0 Å². The maximum Gasteiger partial charge on any atom is 0.319 e. The number of Topliss-reactive ketones (excluding diaryl/α,β-unsaturated/α-hetero) is 1. The van der Waals surface area contributed by atoms with E-state index in [1.807, 2.05) is 0 Å². The minimum absolute atomic E-state index is 0.0895. The summed E-state index contributed by atoms with van der Waals surface area (Å²) in [5.41, 5.74) is 0.0326. The molecule has 0 aromatic rings. The van der Waals surface area contributed by atoms with Crippen LogP contribution in [-0.4, -0.2) is 31.9 Å². The van der Waals surface area contributed by atoms with Gasteiger partial charge in [-0.1, -0.05) is 5.57 Å². The zero-order valence-corrected chi connectivity index (χ0v) is 11.2. The third-order valence-electron chi connectivity index (χ3n) is 3.48. The van der Waals surface area contributed by atoms with Gasteiger partial charge in [0.05, 0.1) is 20.6 Å².